The van der Waals surface area contributed by atoms with E-state index in [9.17, 15) is 9.59 Å². The number of rotatable bonds is 5. The van der Waals surface area contributed by atoms with Crippen LogP contribution in [0.25, 0.3) is 0 Å². The van der Waals surface area contributed by atoms with Gasteiger partial charge in [-0.2, -0.15) is 0 Å². The van der Waals surface area contributed by atoms with Gasteiger partial charge in [0.1, 0.15) is 0 Å². The van der Waals surface area contributed by atoms with Crippen molar-refractivity contribution >= 4 is 33.2 Å². The molecule has 0 radical (unpaired) electrons. The van der Waals surface area contributed by atoms with Gasteiger partial charge in [-0.05, 0) is 17.7 Å². The summed E-state index contributed by atoms with van der Waals surface area (Å²) in [5.41, 5.74) is 0.511. The van der Waals surface area contributed by atoms with Crippen LogP contribution in [0.4, 0.5) is 0 Å². The lowest BCUT2D eigenvalue weighted by Gasteiger charge is -2.24. The van der Waals surface area contributed by atoms with E-state index in [0.717, 1.165) is 10.0 Å². The molecule has 4 nitrogen and oxygen atoms in total. The van der Waals surface area contributed by atoms with Crippen LogP contribution in [0, 0.1) is 0 Å². The Labute approximate surface area is 171 Å². The lowest BCUT2D eigenvalue weighted by molar-refractivity contribution is 0.00336. The van der Waals surface area contributed by atoms with Crippen molar-refractivity contribution in [3.63, 3.8) is 0 Å². The molecule has 4 rings (SSSR count). The topological polar surface area (TPSA) is 55.7 Å². The first kappa shape index (κ1) is 18.3. The third-order valence-corrected chi connectivity index (χ3v) is 5.24. The minimum absolute atomic E-state index is 0.0795. The Morgan fingerprint density at radius 3 is 1.79 bits per heavy atom. The van der Waals surface area contributed by atoms with E-state index in [-0.39, 0.29) is 6.42 Å². The molecule has 1 aliphatic rings. The van der Waals surface area contributed by atoms with Gasteiger partial charge in [0.2, 0.25) is 11.6 Å². The molecule has 0 spiro atoms. The van der Waals surface area contributed by atoms with Crippen LogP contribution in [-0.4, -0.2) is 22.9 Å². The SMILES string of the molecule is O=C(c1ccccc1)C1(C(=O)c2ccccc2)CC(c2ccc(Br)cc2)=NO1. The largest absolute Gasteiger partial charge is 0.372 e. The second kappa shape index (κ2) is 7.52. The molecule has 0 aliphatic carbocycles. The van der Waals surface area contributed by atoms with E-state index < -0.39 is 17.2 Å². The monoisotopic (exact) mass is 433 g/mol. The van der Waals surface area contributed by atoms with Crippen molar-refractivity contribution < 1.29 is 14.4 Å². The summed E-state index contributed by atoms with van der Waals surface area (Å²) in [6.07, 6.45) is 0.0795. The number of ketones is 2. The number of carbonyl (C=O) groups excluding carboxylic acids is 2. The van der Waals surface area contributed by atoms with Gasteiger partial charge >= 0.3 is 0 Å². The highest BCUT2D eigenvalue weighted by Gasteiger charge is 2.53. The van der Waals surface area contributed by atoms with Gasteiger partial charge in [-0.3, -0.25) is 9.59 Å². The van der Waals surface area contributed by atoms with Gasteiger partial charge in [0.25, 0.3) is 5.60 Å². The fraction of sp³-hybridized carbons (Fsp3) is 0.0870. The third-order valence-electron chi connectivity index (χ3n) is 4.71. The maximum absolute atomic E-state index is 13.4. The van der Waals surface area contributed by atoms with Gasteiger partial charge in [0.05, 0.1) is 12.1 Å². The molecule has 1 heterocycles. The van der Waals surface area contributed by atoms with Crippen LogP contribution in [0.3, 0.4) is 0 Å². The quantitative estimate of drug-likeness (QED) is 0.416. The van der Waals surface area contributed by atoms with E-state index in [1.807, 2.05) is 36.4 Å². The number of oxime groups is 1. The average molecular weight is 434 g/mol. The second-order valence-corrected chi connectivity index (χ2v) is 7.45. The summed E-state index contributed by atoms with van der Waals surface area (Å²) in [6, 6.07) is 25.0. The Balaban J connectivity index is 1.75. The first-order valence-corrected chi connectivity index (χ1v) is 9.60. The van der Waals surface area contributed by atoms with Crippen LogP contribution >= 0.6 is 15.9 Å². The maximum Gasteiger partial charge on any atom is 0.267 e. The van der Waals surface area contributed by atoms with Gasteiger partial charge in [-0.15, -0.1) is 0 Å². The molecule has 0 aromatic heterocycles. The molecule has 3 aromatic carbocycles. The summed E-state index contributed by atoms with van der Waals surface area (Å²) in [7, 11) is 0. The fourth-order valence-corrected chi connectivity index (χ4v) is 3.49. The molecule has 0 amide bonds. The van der Waals surface area contributed by atoms with Gasteiger partial charge in [0, 0.05) is 15.6 Å². The first-order chi connectivity index (χ1) is 13.6. The van der Waals surface area contributed by atoms with Crippen molar-refractivity contribution in [3.8, 4) is 0 Å². The molecular weight excluding hydrogens is 418 g/mol. The summed E-state index contributed by atoms with van der Waals surface area (Å²) in [5.74, 6) is -0.782. The number of hydrogen-bond acceptors (Lipinski definition) is 4. The predicted octanol–water partition coefficient (Wildman–Crippen LogP) is 5.08. The molecule has 0 unspecified atom stereocenters. The normalized spacial score (nSPS) is 14.8. The highest BCUT2D eigenvalue weighted by Crippen LogP contribution is 2.34. The lowest BCUT2D eigenvalue weighted by atomic mass is 9.81. The zero-order chi connectivity index (χ0) is 19.6. The molecular formula is C23H16BrNO3. The van der Waals surface area contributed by atoms with E-state index in [4.69, 9.17) is 4.84 Å². The highest BCUT2D eigenvalue weighted by atomic mass is 79.9. The van der Waals surface area contributed by atoms with Crippen LogP contribution in [-0.2, 0) is 4.84 Å². The highest BCUT2D eigenvalue weighted by molar-refractivity contribution is 9.10. The van der Waals surface area contributed by atoms with Crippen molar-refractivity contribution in [2.24, 2.45) is 5.16 Å². The van der Waals surface area contributed by atoms with E-state index in [2.05, 4.69) is 21.1 Å². The van der Waals surface area contributed by atoms with Crippen molar-refractivity contribution in [1.82, 2.24) is 0 Å². The second-order valence-electron chi connectivity index (χ2n) is 6.53. The Morgan fingerprint density at radius 1 is 0.786 bits per heavy atom. The van der Waals surface area contributed by atoms with Crippen LogP contribution in [0.2, 0.25) is 0 Å². The molecule has 138 valence electrons. The Morgan fingerprint density at radius 2 is 1.29 bits per heavy atom. The van der Waals surface area contributed by atoms with Crippen LogP contribution in [0.1, 0.15) is 32.7 Å². The number of nitrogens with zero attached hydrogens (tertiary/aromatic N) is 1. The van der Waals surface area contributed by atoms with E-state index >= 15 is 0 Å². The van der Waals surface area contributed by atoms with Gasteiger partial charge < -0.3 is 4.84 Å². The molecule has 0 atom stereocenters. The van der Waals surface area contributed by atoms with E-state index in [1.165, 1.54) is 0 Å². The van der Waals surface area contributed by atoms with Crippen LogP contribution < -0.4 is 0 Å². The van der Waals surface area contributed by atoms with Gasteiger partial charge in [-0.1, -0.05) is 93.9 Å². The summed E-state index contributed by atoms with van der Waals surface area (Å²) in [6.45, 7) is 0. The van der Waals surface area contributed by atoms with Crippen molar-refractivity contribution in [2.45, 2.75) is 12.0 Å². The smallest absolute Gasteiger partial charge is 0.267 e. The number of Topliss-reactive ketones (excluding diaryl/α,β-unsaturated/α-hetero) is 2. The van der Waals surface area contributed by atoms with Crippen LogP contribution in [0.15, 0.2) is 94.6 Å². The predicted molar refractivity (Wildman–Crippen MR) is 111 cm³/mol. The van der Waals surface area contributed by atoms with E-state index in [1.54, 1.807) is 48.5 Å². The van der Waals surface area contributed by atoms with Gasteiger partial charge in [0.15, 0.2) is 0 Å². The van der Waals surface area contributed by atoms with Gasteiger partial charge in [-0.25, -0.2) is 0 Å². The lowest BCUT2D eigenvalue weighted by Crippen LogP contribution is -2.47. The standard InChI is InChI=1S/C23H16BrNO3/c24-19-13-11-16(12-14-19)20-15-23(28-25-20,21(26)17-7-3-1-4-8-17)22(27)18-9-5-2-6-10-18/h1-14H,15H2. The first-order valence-electron chi connectivity index (χ1n) is 8.81. The van der Waals surface area contributed by atoms with Crippen LogP contribution in [0.5, 0.6) is 0 Å². The average Bonchev–Trinajstić information content (AvgIpc) is 3.21. The Bertz CT molecular complexity index is 993. The molecule has 0 fully saturated rings. The number of hydrogen-bond donors (Lipinski definition) is 0. The maximum atomic E-state index is 13.4. The number of halogens is 1. The minimum Gasteiger partial charge on any atom is -0.372 e. The summed E-state index contributed by atoms with van der Waals surface area (Å²) >= 11 is 3.40. The molecule has 0 bridgehead atoms. The molecule has 1 aliphatic heterocycles. The zero-order valence-electron chi connectivity index (χ0n) is 14.8. The fourth-order valence-electron chi connectivity index (χ4n) is 3.22. The van der Waals surface area contributed by atoms with Crippen molar-refractivity contribution in [2.75, 3.05) is 0 Å². The Hall–Kier alpha value is -3.05. The molecule has 28 heavy (non-hydrogen) atoms. The molecule has 5 heteroatoms. The third kappa shape index (κ3) is 3.29. The van der Waals surface area contributed by atoms with E-state index in [0.29, 0.717) is 16.8 Å². The summed E-state index contributed by atoms with van der Waals surface area (Å²) < 4.78 is 0.933. The van der Waals surface area contributed by atoms with Crippen molar-refractivity contribution in [1.29, 1.82) is 0 Å². The minimum atomic E-state index is -1.70. The molecule has 0 saturated carbocycles. The van der Waals surface area contributed by atoms with Crippen molar-refractivity contribution in [3.05, 3.63) is 106 Å². The summed E-state index contributed by atoms with van der Waals surface area (Å²) in [4.78, 5) is 32.4. The Kier molecular flexibility index (Phi) is 4.92. The summed E-state index contributed by atoms with van der Waals surface area (Å²) in [5, 5.41) is 4.14. The molecule has 3 aromatic rings. The zero-order valence-corrected chi connectivity index (χ0v) is 16.4. The number of carbonyl (C=O) groups is 2. The molecule has 0 N–H and O–H groups in total. The molecule has 0 saturated heterocycles. The number of benzene rings is 3.